The Morgan fingerprint density at radius 2 is 1.72 bits per heavy atom. The smallest absolute Gasteiger partial charge is 0.338 e. The van der Waals surface area contributed by atoms with E-state index in [4.69, 9.17) is 0 Å². The van der Waals surface area contributed by atoms with Crippen LogP contribution >= 0.6 is 0 Å². The van der Waals surface area contributed by atoms with Crippen LogP contribution in [0.3, 0.4) is 0 Å². The van der Waals surface area contributed by atoms with E-state index in [2.05, 4.69) is 9.47 Å². The van der Waals surface area contributed by atoms with Gasteiger partial charge in [0.15, 0.2) is 4.90 Å². The summed E-state index contributed by atoms with van der Waals surface area (Å²) < 4.78 is 36.6. The number of nitro benzene ring substituents is 1. The fourth-order valence-corrected chi connectivity index (χ4v) is 4.28. The molecule has 0 amide bonds. The van der Waals surface area contributed by atoms with Crippen molar-refractivity contribution in [2.75, 3.05) is 25.1 Å². The summed E-state index contributed by atoms with van der Waals surface area (Å²) in [5.41, 5.74) is -0.372. The Morgan fingerprint density at radius 3 is 2.31 bits per heavy atom. The van der Waals surface area contributed by atoms with Crippen molar-refractivity contribution in [2.24, 2.45) is 0 Å². The van der Waals surface area contributed by atoms with Gasteiger partial charge in [-0.3, -0.25) is 19.2 Å². The molecule has 11 heteroatoms. The number of rotatable bonds is 7. The molecule has 0 aliphatic heterocycles. The van der Waals surface area contributed by atoms with Gasteiger partial charge in [0.05, 0.1) is 30.4 Å². The predicted octanol–water partition coefficient (Wildman–Crippen LogP) is 2.06. The van der Waals surface area contributed by atoms with Crippen LogP contribution in [-0.2, 0) is 24.3 Å². The van der Waals surface area contributed by atoms with Gasteiger partial charge in [0.25, 0.3) is 15.7 Å². The first-order chi connectivity index (χ1) is 13.6. The fourth-order valence-electron chi connectivity index (χ4n) is 2.65. The molecule has 0 radical (unpaired) electrons. The molecule has 0 heterocycles. The maximum absolute atomic E-state index is 13.3. The molecule has 10 nitrogen and oxygen atoms in total. The van der Waals surface area contributed by atoms with Gasteiger partial charge >= 0.3 is 11.9 Å². The van der Waals surface area contributed by atoms with Crippen LogP contribution in [0, 0.1) is 17.0 Å². The van der Waals surface area contributed by atoms with Gasteiger partial charge in [-0.25, -0.2) is 13.2 Å². The average Bonchev–Trinajstić information content (AvgIpc) is 2.71. The molecule has 0 unspecified atom stereocenters. The third-order valence-corrected chi connectivity index (χ3v) is 5.92. The number of carbonyl (C=O) groups is 2. The van der Waals surface area contributed by atoms with Crippen LogP contribution in [0.25, 0.3) is 0 Å². The highest BCUT2D eigenvalue weighted by Gasteiger charge is 2.34. The zero-order valence-electron chi connectivity index (χ0n) is 15.8. The molecule has 2 aromatic carbocycles. The molecule has 0 atom stereocenters. The number of para-hydroxylation sites is 1. The van der Waals surface area contributed by atoms with Crippen molar-refractivity contribution < 1.29 is 32.4 Å². The first kappa shape index (κ1) is 21.8. The summed E-state index contributed by atoms with van der Waals surface area (Å²) in [4.78, 5) is 33.8. The lowest BCUT2D eigenvalue weighted by Gasteiger charge is -2.25. The number of nitro groups is 1. The van der Waals surface area contributed by atoms with Gasteiger partial charge in [0, 0.05) is 6.07 Å². The standard InChI is InChI=1S/C18H18N2O8S/c1-12-13(18(22)28-3)7-6-9-14(12)19(11-17(21)27-2)29(25,26)16-10-5-4-8-15(16)20(23)24/h4-10H,11H2,1-3H3. The van der Waals surface area contributed by atoms with Crippen molar-refractivity contribution in [1.82, 2.24) is 0 Å². The number of nitrogens with zero attached hydrogens (tertiary/aromatic N) is 2. The Balaban J connectivity index is 2.75. The monoisotopic (exact) mass is 422 g/mol. The molecule has 2 aromatic rings. The molecule has 0 aromatic heterocycles. The quantitative estimate of drug-likeness (QED) is 0.376. The second-order valence-corrected chi connectivity index (χ2v) is 7.58. The molecule has 0 bridgehead atoms. The van der Waals surface area contributed by atoms with E-state index in [-0.39, 0.29) is 16.8 Å². The molecule has 0 spiro atoms. The number of anilines is 1. The number of hydrogen-bond donors (Lipinski definition) is 0. The first-order valence-electron chi connectivity index (χ1n) is 8.16. The molecule has 29 heavy (non-hydrogen) atoms. The number of sulfonamides is 1. The zero-order chi connectivity index (χ0) is 21.8. The third kappa shape index (κ3) is 4.35. The van der Waals surface area contributed by atoms with Crippen molar-refractivity contribution in [2.45, 2.75) is 11.8 Å². The van der Waals surface area contributed by atoms with Crippen LogP contribution in [0.5, 0.6) is 0 Å². The van der Waals surface area contributed by atoms with E-state index < -0.39 is 44.0 Å². The van der Waals surface area contributed by atoms with Crippen molar-refractivity contribution in [3.8, 4) is 0 Å². The van der Waals surface area contributed by atoms with Gasteiger partial charge in [-0.1, -0.05) is 18.2 Å². The number of benzene rings is 2. The maximum atomic E-state index is 13.3. The van der Waals surface area contributed by atoms with Gasteiger partial charge in [-0.15, -0.1) is 0 Å². The lowest BCUT2D eigenvalue weighted by molar-refractivity contribution is -0.387. The Morgan fingerprint density at radius 1 is 1.07 bits per heavy atom. The van der Waals surface area contributed by atoms with Gasteiger partial charge in [-0.2, -0.15) is 0 Å². The normalized spacial score (nSPS) is 10.9. The molecule has 0 fully saturated rings. The van der Waals surface area contributed by atoms with Crippen LogP contribution in [0.15, 0.2) is 47.4 Å². The minimum atomic E-state index is -4.57. The summed E-state index contributed by atoms with van der Waals surface area (Å²) >= 11 is 0. The Kier molecular flexibility index (Phi) is 6.54. The van der Waals surface area contributed by atoms with Crippen LogP contribution in [-0.4, -0.2) is 46.0 Å². The van der Waals surface area contributed by atoms with E-state index >= 15 is 0 Å². The fraction of sp³-hybridized carbons (Fsp3) is 0.222. The second kappa shape index (κ2) is 8.69. The van der Waals surface area contributed by atoms with E-state index in [9.17, 15) is 28.1 Å². The summed E-state index contributed by atoms with van der Waals surface area (Å²) in [6.45, 7) is 0.719. The molecule has 2 rings (SSSR count). The first-order valence-corrected chi connectivity index (χ1v) is 9.60. The topological polar surface area (TPSA) is 133 Å². The summed E-state index contributed by atoms with van der Waals surface area (Å²) in [5.74, 6) is -1.60. The van der Waals surface area contributed by atoms with Crippen molar-refractivity contribution >= 4 is 33.3 Å². The highest BCUT2D eigenvalue weighted by atomic mass is 32.2. The number of esters is 2. The van der Waals surface area contributed by atoms with Gasteiger partial charge < -0.3 is 9.47 Å². The second-order valence-electron chi connectivity index (χ2n) is 5.75. The SMILES string of the molecule is COC(=O)CN(c1cccc(C(=O)OC)c1C)S(=O)(=O)c1ccccc1[N+](=O)[O-]. The summed E-state index contributed by atoms with van der Waals surface area (Å²) in [7, 11) is -2.32. The number of carbonyl (C=O) groups excluding carboxylic acids is 2. The highest BCUT2D eigenvalue weighted by molar-refractivity contribution is 7.93. The maximum Gasteiger partial charge on any atom is 0.338 e. The van der Waals surface area contributed by atoms with E-state index in [0.717, 1.165) is 19.2 Å². The molecule has 154 valence electrons. The van der Waals surface area contributed by atoms with Crippen molar-refractivity contribution in [3.05, 3.63) is 63.7 Å². The Labute approximate surface area is 166 Å². The molecular formula is C18H18N2O8S. The molecule has 0 aliphatic carbocycles. The van der Waals surface area contributed by atoms with Crippen LogP contribution in [0.2, 0.25) is 0 Å². The highest BCUT2D eigenvalue weighted by Crippen LogP contribution is 2.32. The molecule has 0 saturated heterocycles. The Bertz CT molecular complexity index is 1070. The third-order valence-electron chi connectivity index (χ3n) is 4.11. The number of ether oxygens (including phenoxy) is 2. The number of methoxy groups -OCH3 is 2. The van der Waals surface area contributed by atoms with E-state index in [1.165, 1.54) is 44.4 Å². The number of hydrogen-bond acceptors (Lipinski definition) is 8. The lowest BCUT2D eigenvalue weighted by Crippen LogP contribution is -2.37. The van der Waals surface area contributed by atoms with Gasteiger partial charge in [-0.05, 0) is 30.7 Å². The van der Waals surface area contributed by atoms with E-state index in [1.807, 2.05) is 0 Å². The Hall–Kier alpha value is -3.47. The lowest BCUT2D eigenvalue weighted by atomic mass is 10.1. The minimum Gasteiger partial charge on any atom is -0.468 e. The van der Waals surface area contributed by atoms with Crippen LogP contribution in [0.1, 0.15) is 15.9 Å². The van der Waals surface area contributed by atoms with Gasteiger partial charge in [0.1, 0.15) is 6.54 Å². The largest absolute Gasteiger partial charge is 0.468 e. The molecule has 0 aliphatic rings. The van der Waals surface area contributed by atoms with Gasteiger partial charge in [0.2, 0.25) is 0 Å². The predicted molar refractivity (Wildman–Crippen MR) is 102 cm³/mol. The molecule has 0 saturated carbocycles. The zero-order valence-corrected chi connectivity index (χ0v) is 16.6. The summed E-state index contributed by atoms with van der Waals surface area (Å²) in [6, 6.07) is 8.97. The van der Waals surface area contributed by atoms with E-state index in [1.54, 1.807) is 0 Å². The van der Waals surface area contributed by atoms with Crippen molar-refractivity contribution in [3.63, 3.8) is 0 Å². The van der Waals surface area contributed by atoms with E-state index in [0.29, 0.717) is 4.31 Å². The van der Waals surface area contributed by atoms with Crippen molar-refractivity contribution in [1.29, 1.82) is 0 Å². The molecular weight excluding hydrogens is 404 g/mol. The van der Waals surface area contributed by atoms with Crippen LogP contribution < -0.4 is 4.31 Å². The van der Waals surface area contributed by atoms with Crippen LogP contribution in [0.4, 0.5) is 11.4 Å². The summed E-state index contributed by atoms with van der Waals surface area (Å²) in [6.07, 6.45) is 0. The minimum absolute atomic E-state index is 0.0172. The average molecular weight is 422 g/mol. The summed E-state index contributed by atoms with van der Waals surface area (Å²) in [5, 5.41) is 11.3. The molecule has 0 N–H and O–H groups in total.